The predicted molar refractivity (Wildman–Crippen MR) is 39.1 cm³/mol. The molecule has 0 amide bonds. The van der Waals surface area contributed by atoms with Crippen molar-refractivity contribution in [1.29, 1.82) is 0 Å². The van der Waals surface area contributed by atoms with Gasteiger partial charge in [0.05, 0.1) is 13.1 Å². The van der Waals surface area contributed by atoms with Crippen LogP contribution in [0.5, 0.6) is 0 Å². The van der Waals surface area contributed by atoms with Crippen molar-refractivity contribution in [2.45, 2.75) is 13.8 Å². The highest BCUT2D eigenvalue weighted by Crippen LogP contribution is 1.99. The van der Waals surface area contributed by atoms with Gasteiger partial charge in [0.25, 0.3) is 0 Å². The number of nitrogens with zero attached hydrogens (tertiary/aromatic N) is 2. The lowest BCUT2D eigenvalue weighted by Crippen LogP contribution is -2.25. The first-order chi connectivity index (χ1) is 4.63. The summed E-state index contributed by atoms with van der Waals surface area (Å²) in [5.74, 6) is -0.0231. The number of hydrogen-bond donors (Lipinski definition) is 0. The van der Waals surface area contributed by atoms with E-state index in [0.717, 1.165) is 0 Å². The first kappa shape index (κ1) is 8.94. The van der Waals surface area contributed by atoms with Gasteiger partial charge in [0.15, 0.2) is 0 Å². The molecule has 0 bridgehead atoms. The van der Waals surface area contributed by atoms with Crippen molar-refractivity contribution >= 4 is 0 Å². The van der Waals surface area contributed by atoms with Gasteiger partial charge in [-0.25, -0.2) is 0 Å². The topological polar surface area (TPSA) is 46.4 Å². The summed E-state index contributed by atoms with van der Waals surface area (Å²) in [4.78, 5) is 11.3. The van der Waals surface area contributed by atoms with Crippen molar-refractivity contribution in [1.82, 2.24) is 4.90 Å². The molecule has 0 aromatic rings. The quantitative estimate of drug-likeness (QED) is 0.438. The van der Waals surface area contributed by atoms with Gasteiger partial charge >= 0.3 is 5.82 Å². The van der Waals surface area contributed by atoms with Gasteiger partial charge in [-0.15, -0.1) is 0 Å². The Morgan fingerprint density at radius 2 is 2.00 bits per heavy atom. The van der Waals surface area contributed by atoms with Gasteiger partial charge in [-0.05, 0) is 25.3 Å². The molecule has 0 saturated carbocycles. The second kappa shape index (κ2) is 3.87. The normalized spacial score (nSPS) is 9.00. The van der Waals surface area contributed by atoms with E-state index in [1.54, 1.807) is 4.90 Å². The van der Waals surface area contributed by atoms with Gasteiger partial charge in [0.1, 0.15) is 0 Å². The second-order valence-electron chi connectivity index (χ2n) is 1.85. The van der Waals surface area contributed by atoms with E-state index in [0.29, 0.717) is 13.1 Å². The van der Waals surface area contributed by atoms with Crippen LogP contribution in [-0.2, 0) is 0 Å². The fourth-order valence-corrected chi connectivity index (χ4v) is 0.704. The van der Waals surface area contributed by atoms with Crippen LogP contribution in [-0.4, -0.2) is 22.9 Å². The molecule has 0 spiro atoms. The van der Waals surface area contributed by atoms with Crippen molar-refractivity contribution < 1.29 is 4.92 Å². The molecule has 0 atom stereocenters. The predicted octanol–water partition coefficient (Wildman–Crippen LogP) is 1.08. The number of hydrogen-bond acceptors (Lipinski definition) is 3. The van der Waals surface area contributed by atoms with E-state index in [4.69, 9.17) is 0 Å². The molecule has 0 aromatic carbocycles. The minimum atomic E-state index is -0.465. The Hall–Kier alpha value is -1.06. The smallest absolute Gasteiger partial charge is 0.311 e. The summed E-state index contributed by atoms with van der Waals surface area (Å²) in [6, 6.07) is 0. The summed E-state index contributed by atoms with van der Waals surface area (Å²) in [5.41, 5.74) is 0. The molecule has 4 heteroatoms. The van der Waals surface area contributed by atoms with E-state index >= 15 is 0 Å². The fourth-order valence-electron chi connectivity index (χ4n) is 0.704. The molecule has 0 heterocycles. The van der Waals surface area contributed by atoms with Gasteiger partial charge in [0, 0.05) is 0 Å². The second-order valence-corrected chi connectivity index (χ2v) is 1.85. The summed E-state index contributed by atoms with van der Waals surface area (Å²) in [7, 11) is 0. The lowest BCUT2D eigenvalue weighted by Gasteiger charge is -2.13. The first-order valence-electron chi connectivity index (χ1n) is 3.21. The Kier molecular flexibility index (Phi) is 3.46. The Labute approximate surface area is 60.3 Å². The molecule has 0 aromatic heterocycles. The molecule has 58 valence electrons. The third-order valence-corrected chi connectivity index (χ3v) is 1.34. The molecule has 0 radical (unpaired) electrons. The molecular weight excluding hydrogens is 132 g/mol. The summed E-state index contributed by atoms with van der Waals surface area (Å²) in [6.45, 7) is 8.31. The van der Waals surface area contributed by atoms with E-state index in [9.17, 15) is 10.1 Å². The van der Waals surface area contributed by atoms with Crippen LogP contribution >= 0.6 is 0 Å². The Balaban J connectivity index is 4.02. The van der Waals surface area contributed by atoms with Gasteiger partial charge in [-0.3, -0.25) is 4.90 Å². The fraction of sp³-hybridized carbons (Fsp3) is 0.667. The van der Waals surface area contributed by atoms with Crippen LogP contribution in [0, 0.1) is 10.1 Å². The molecular formula is C6H12N2O2. The lowest BCUT2D eigenvalue weighted by molar-refractivity contribution is -0.445. The first-order valence-corrected chi connectivity index (χ1v) is 3.21. The molecule has 0 fully saturated rings. The van der Waals surface area contributed by atoms with Crippen LogP contribution in [0.25, 0.3) is 0 Å². The summed E-state index contributed by atoms with van der Waals surface area (Å²) in [6.07, 6.45) is 0. The average Bonchev–Trinajstić information content (AvgIpc) is 1.90. The SMILES string of the molecule is C=C(N(CC)CC)[N+](=O)[O-]. The third kappa shape index (κ3) is 2.05. The van der Waals surface area contributed by atoms with Crippen molar-refractivity contribution in [3.05, 3.63) is 22.5 Å². The third-order valence-electron chi connectivity index (χ3n) is 1.34. The zero-order valence-corrected chi connectivity index (χ0v) is 6.33. The van der Waals surface area contributed by atoms with Gasteiger partial charge in [-0.1, -0.05) is 0 Å². The minimum Gasteiger partial charge on any atom is -0.358 e. The highest BCUT2D eigenvalue weighted by atomic mass is 16.6. The van der Waals surface area contributed by atoms with E-state index in [2.05, 4.69) is 6.58 Å². The van der Waals surface area contributed by atoms with E-state index < -0.39 is 4.92 Å². The molecule has 4 nitrogen and oxygen atoms in total. The van der Waals surface area contributed by atoms with Crippen molar-refractivity contribution in [2.75, 3.05) is 13.1 Å². The van der Waals surface area contributed by atoms with Crippen molar-refractivity contribution in [3.63, 3.8) is 0 Å². The number of nitro groups is 1. The zero-order chi connectivity index (χ0) is 8.15. The molecule has 0 rings (SSSR count). The maximum Gasteiger partial charge on any atom is 0.311 e. The molecule has 0 saturated heterocycles. The van der Waals surface area contributed by atoms with Crippen molar-refractivity contribution in [3.8, 4) is 0 Å². The van der Waals surface area contributed by atoms with Crippen LogP contribution in [0.1, 0.15) is 13.8 Å². The molecule has 0 aliphatic heterocycles. The largest absolute Gasteiger partial charge is 0.358 e. The van der Waals surface area contributed by atoms with Gasteiger partial charge in [-0.2, -0.15) is 0 Å². The van der Waals surface area contributed by atoms with Crippen LogP contribution in [0.4, 0.5) is 0 Å². The summed E-state index contributed by atoms with van der Waals surface area (Å²) < 4.78 is 0. The molecule has 0 N–H and O–H groups in total. The molecule has 0 unspecified atom stereocenters. The zero-order valence-electron chi connectivity index (χ0n) is 6.33. The Morgan fingerprint density at radius 3 is 2.10 bits per heavy atom. The Bertz CT molecular complexity index is 141. The number of rotatable bonds is 4. The molecule has 0 aliphatic rings. The van der Waals surface area contributed by atoms with Gasteiger partial charge < -0.3 is 10.1 Å². The summed E-state index contributed by atoms with van der Waals surface area (Å²) >= 11 is 0. The monoisotopic (exact) mass is 144 g/mol. The van der Waals surface area contributed by atoms with Crippen LogP contribution < -0.4 is 0 Å². The maximum atomic E-state index is 10.1. The highest BCUT2D eigenvalue weighted by molar-refractivity contribution is 4.79. The Morgan fingerprint density at radius 1 is 1.60 bits per heavy atom. The molecule has 0 aliphatic carbocycles. The lowest BCUT2D eigenvalue weighted by atomic mass is 10.5. The summed E-state index contributed by atoms with van der Waals surface area (Å²) in [5, 5.41) is 10.1. The van der Waals surface area contributed by atoms with E-state index in [-0.39, 0.29) is 5.82 Å². The van der Waals surface area contributed by atoms with E-state index in [1.165, 1.54) is 0 Å². The van der Waals surface area contributed by atoms with Crippen LogP contribution in [0.15, 0.2) is 12.4 Å². The minimum absolute atomic E-state index is 0.0231. The molecule has 10 heavy (non-hydrogen) atoms. The maximum absolute atomic E-state index is 10.1. The van der Waals surface area contributed by atoms with Crippen LogP contribution in [0.3, 0.4) is 0 Å². The average molecular weight is 144 g/mol. The van der Waals surface area contributed by atoms with E-state index in [1.807, 2.05) is 13.8 Å². The van der Waals surface area contributed by atoms with Crippen molar-refractivity contribution in [2.24, 2.45) is 0 Å². The standard InChI is InChI=1S/C6H12N2O2/c1-4-7(5-2)6(3)8(9)10/h3-5H2,1-2H3. The van der Waals surface area contributed by atoms with Crippen LogP contribution in [0.2, 0.25) is 0 Å². The highest BCUT2D eigenvalue weighted by Gasteiger charge is 2.12. The van der Waals surface area contributed by atoms with Gasteiger partial charge in [0.2, 0.25) is 0 Å².